The number of nitrogens with zero attached hydrogens (tertiary/aromatic N) is 3. The second-order valence-corrected chi connectivity index (χ2v) is 11.0. The highest BCUT2D eigenvalue weighted by molar-refractivity contribution is 6.32. The quantitative estimate of drug-likeness (QED) is 0.193. The van der Waals surface area contributed by atoms with Gasteiger partial charge in [0.2, 0.25) is 0 Å². The summed E-state index contributed by atoms with van der Waals surface area (Å²) >= 11 is 6.25. The smallest absolute Gasteiger partial charge is 0.273 e. The second-order valence-electron chi connectivity index (χ2n) is 10.6. The first kappa shape index (κ1) is 22.3. The SMILES string of the molecule is CC(C)(C)c1cc2c(c(C(C)(C)C)c1)Oc1cc3c(cc1=N2)Oc1c(Cl)cc([N+](=O)[O-])cc1N=3. The van der Waals surface area contributed by atoms with Crippen molar-refractivity contribution in [3.05, 3.63) is 73.4 Å². The lowest BCUT2D eigenvalue weighted by Gasteiger charge is -2.29. The molecule has 2 aliphatic rings. The summed E-state index contributed by atoms with van der Waals surface area (Å²) in [6.45, 7) is 13.0. The van der Waals surface area contributed by atoms with E-state index in [1.54, 1.807) is 12.1 Å². The Morgan fingerprint density at radius 1 is 0.794 bits per heavy atom. The van der Waals surface area contributed by atoms with E-state index in [0.29, 0.717) is 27.9 Å². The van der Waals surface area contributed by atoms with Crippen molar-refractivity contribution in [2.45, 2.75) is 52.4 Å². The first-order valence-electron chi connectivity index (χ1n) is 11.0. The van der Waals surface area contributed by atoms with E-state index in [1.165, 1.54) is 17.7 Å². The average molecular weight is 478 g/mol. The maximum absolute atomic E-state index is 11.2. The molecule has 0 saturated carbocycles. The van der Waals surface area contributed by atoms with Gasteiger partial charge in [0.15, 0.2) is 23.0 Å². The van der Waals surface area contributed by atoms with Crippen LogP contribution in [-0.2, 0) is 10.8 Å². The van der Waals surface area contributed by atoms with E-state index >= 15 is 0 Å². The maximum atomic E-state index is 11.2. The van der Waals surface area contributed by atoms with Gasteiger partial charge >= 0.3 is 0 Å². The molecule has 3 aromatic carbocycles. The molecule has 0 saturated heterocycles. The number of ether oxygens (including phenoxy) is 2. The summed E-state index contributed by atoms with van der Waals surface area (Å²) < 4.78 is 12.4. The second kappa shape index (κ2) is 7.27. The van der Waals surface area contributed by atoms with Crippen LogP contribution < -0.4 is 20.2 Å². The summed E-state index contributed by atoms with van der Waals surface area (Å²) in [5, 5.41) is 12.5. The van der Waals surface area contributed by atoms with E-state index in [4.69, 9.17) is 26.1 Å². The third-order valence-corrected chi connectivity index (χ3v) is 6.19. The first-order valence-corrected chi connectivity index (χ1v) is 11.3. The van der Waals surface area contributed by atoms with Crippen molar-refractivity contribution in [1.82, 2.24) is 0 Å². The Kier molecular flexibility index (Phi) is 4.78. The van der Waals surface area contributed by atoms with Crippen LogP contribution in [0.4, 0.5) is 17.1 Å². The molecule has 5 rings (SSSR count). The molecular formula is C26H24ClN3O4. The van der Waals surface area contributed by atoms with Gasteiger partial charge in [-0.15, -0.1) is 0 Å². The van der Waals surface area contributed by atoms with Crippen molar-refractivity contribution in [2.24, 2.45) is 9.98 Å². The Morgan fingerprint density at radius 3 is 1.88 bits per heavy atom. The zero-order chi connectivity index (χ0) is 24.6. The summed E-state index contributed by atoms with van der Waals surface area (Å²) in [5.41, 5.74) is 2.96. The summed E-state index contributed by atoms with van der Waals surface area (Å²) in [5.74, 6) is 2.01. The Morgan fingerprint density at radius 2 is 1.35 bits per heavy atom. The predicted molar refractivity (Wildman–Crippen MR) is 130 cm³/mol. The van der Waals surface area contributed by atoms with Crippen LogP contribution in [0.1, 0.15) is 52.7 Å². The molecule has 0 aromatic heterocycles. The van der Waals surface area contributed by atoms with Gasteiger partial charge in [-0.2, -0.15) is 0 Å². The summed E-state index contributed by atoms with van der Waals surface area (Å²) in [6.07, 6.45) is 0. The molecule has 2 aliphatic heterocycles. The molecule has 8 heteroatoms. The van der Waals surface area contributed by atoms with Gasteiger partial charge in [0.05, 0.1) is 9.95 Å². The predicted octanol–water partition coefficient (Wildman–Crippen LogP) is 6.96. The number of non-ortho nitro benzene ring substituents is 1. The Hall–Kier alpha value is -3.45. The number of rotatable bonds is 1. The van der Waals surface area contributed by atoms with Crippen LogP contribution in [0, 0.1) is 10.1 Å². The van der Waals surface area contributed by atoms with Crippen LogP contribution in [-0.4, -0.2) is 4.92 Å². The summed E-state index contributed by atoms with van der Waals surface area (Å²) in [4.78, 5) is 20.2. The van der Waals surface area contributed by atoms with Gasteiger partial charge in [-0.25, -0.2) is 9.98 Å². The van der Waals surface area contributed by atoms with Crippen LogP contribution in [0.15, 0.2) is 46.4 Å². The molecular weight excluding hydrogens is 454 g/mol. The van der Waals surface area contributed by atoms with E-state index in [9.17, 15) is 10.1 Å². The molecule has 0 bridgehead atoms. The molecule has 34 heavy (non-hydrogen) atoms. The van der Waals surface area contributed by atoms with Crippen LogP contribution in [0.25, 0.3) is 0 Å². The average Bonchev–Trinajstić information content (AvgIpc) is 2.72. The van der Waals surface area contributed by atoms with Gasteiger partial charge < -0.3 is 9.47 Å². The first-order chi connectivity index (χ1) is 15.8. The largest absolute Gasteiger partial charge is 0.452 e. The Balaban J connectivity index is 1.71. The number of hydrogen-bond donors (Lipinski definition) is 0. The standard InChI is InChI=1S/C26H24ClN3O4/c1-25(2,3)13-7-15(26(4,5)6)23-19(8-13)28-17-12-22-18(11-21(17)33-23)29-20-10-14(30(31)32)9-16(27)24(20)34-22/h7-12H,1-6H3. The molecule has 3 aromatic rings. The minimum atomic E-state index is -0.511. The third-order valence-electron chi connectivity index (χ3n) is 5.91. The van der Waals surface area contributed by atoms with Crippen molar-refractivity contribution < 1.29 is 14.4 Å². The minimum Gasteiger partial charge on any atom is -0.452 e. The van der Waals surface area contributed by atoms with Crippen molar-refractivity contribution >= 4 is 28.7 Å². The van der Waals surface area contributed by atoms with E-state index in [0.717, 1.165) is 17.0 Å². The molecule has 0 spiro atoms. The number of benzene rings is 3. The highest BCUT2D eigenvalue weighted by atomic mass is 35.5. The molecule has 2 heterocycles. The fourth-order valence-corrected chi connectivity index (χ4v) is 4.25. The highest BCUT2D eigenvalue weighted by Crippen LogP contribution is 2.46. The van der Waals surface area contributed by atoms with Gasteiger partial charge in [-0.3, -0.25) is 10.1 Å². The van der Waals surface area contributed by atoms with Crippen LogP contribution in [0.3, 0.4) is 0 Å². The number of halogens is 1. The van der Waals surface area contributed by atoms with Gasteiger partial charge in [-0.05, 0) is 22.5 Å². The molecule has 174 valence electrons. The van der Waals surface area contributed by atoms with Gasteiger partial charge in [-0.1, -0.05) is 59.2 Å². The molecule has 7 nitrogen and oxygen atoms in total. The number of nitro benzene ring substituents is 1. The number of nitro groups is 1. The fraction of sp³-hybridized carbons (Fsp3) is 0.308. The van der Waals surface area contributed by atoms with Crippen LogP contribution >= 0.6 is 11.6 Å². The monoisotopic (exact) mass is 477 g/mol. The highest BCUT2D eigenvalue weighted by Gasteiger charge is 2.29. The Labute approximate surface area is 201 Å². The maximum Gasteiger partial charge on any atom is 0.273 e. The van der Waals surface area contributed by atoms with Gasteiger partial charge in [0.1, 0.15) is 22.1 Å². The van der Waals surface area contributed by atoms with Crippen LogP contribution in [0.2, 0.25) is 5.02 Å². The normalized spacial score (nSPS) is 13.7. The van der Waals surface area contributed by atoms with Crippen molar-refractivity contribution in [3.8, 4) is 23.0 Å². The number of hydrogen-bond acceptors (Lipinski definition) is 6. The fourth-order valence-electron chi connectivity index (χ4n) is 4.00. The minimum absolute atomic E-state index is 0.0499. The van der Waals surface area contributed by atoms with E-state index in [-0.39, 0.29) is 27.3 Å². The molecule has 0 unspecified atom stereocenters. The zero-order valence-corrected chi connectivity index (χ0v) is 20.6. The van der Waals surface area contributed by atoms with Crippen LogP contribution in [0.5, 0.6) is 23.0 Å². The van der Waals surface area contributed by atoms with Crippen molar-refractivity contribution in [2.75, 3.05) is 0 Å². The van der Waals surface area contributed by atoms with Gasteiger partial charge in [0.25, 0.3) is 5.69 Å². The third kappa shape index (κ3) is 3.70. The Bertz CT molecular complexity index is 1520. The molecule has 0 atom stereocenters. The zero-order valence-electron chi connectivity index (χ0n) is 19.8. The summed E-state index contributed by atoms with van der Waals surface area (Å²) in [7, 11) is 0. The lowest BCUT2D eigenvalue weighted by Crippen LogP contribution is -2.22. The van der Waals surface area contributed by atoms with E-state index in [1.807, 2.05) is 0 Å². The van der Waals surface area contributed by atoms with E-state index in [2.05, 4.69) is 58.7 Å². The topological polar surface area (TPSA) is 86.3 Å². The van der Waals surface area contributed by atoms with E-state index < -0.39 is 4.92 Å². The molecule has 0 amide bonds. The molecule has 0 fully saturated rings. The molecule has 0 radical (unpaired) electrons. The molecule has 0 N–H and O–H groups in total. The summed E-state index contributed by atoms with van der Waals surface area (Å²) in [6, 6.07) is 10.4. The lowest BCUT2D eigenvalue weighted by molar-refractivity contribution is -0.384. The van der Waals surface area contributed by atoms with Gasteiger partial charge in [0, 0.05) is 29.8 Å². The lowest BCUT2D eigenvalue weighted by atomic mass is 9.79. The molecule has 0 aliphatic carbocycles. The number of fused-ring (bicyclic) bond motifs is 4. The van der Waals surface area contributed by atoms with Crippen molar-refractivity contribution in [3.63, 3.8) is 0 Å². The van der Waals surface area contributed by atoms with Crippen molar-refractivity contribution in [1.29, 1.82) is 0 Å².